The van der Waals surface area contributed by atoms with E-state index in [1.165, 1.54) is 17.5 Å². The highest BCUT2D eigenvalue weighted by Crippen LogP contribution is 2.21. The maximum absolute atomic E-state index is 8.52. The summed E-state index contributed by atoms with van der Waals surface area (Å²) in [6, 6.07) is 7.28. The highest BCUT2D eigenvalue weighted by atomic mass is 32.1. The first-order valence-corrected chi connectivity index (χ1v) is 5.81. The van der Waals surface area contributed by atoms with Gasteiger partial charge in [0.1, 0.15) is 17.7 Å². The first kappa shape index (κ1) is 11.8. The third kappa shape index (κ3) is 2.73. The minimum atomic E-state index is -0.00649. The smallest absolute Gasteiger partial charge is 0.246 e. The lowest BCUT2D eigenvalue weighted by Gasteiger charge is -1.92. The third-order valence-corrected chi connectivity index (χ3v) is 2.82. The van der Waals surface area contributed by atoms with E-state index in [-0.39, 0.29) is 12.1 Å². The van der Waals surface area contributed by atoms with Crippen molar-refractivity contribution in [2.45, 2.75) is 6.54 Å². The van der Waals surface area contributed by atoms with E-state index in [1.807, 2.05) is 17.5 Å². The second-order valence-corrected chi connectivity index (χ2v) is 4.10. The van der Waals surface area contributed by atoms with Crippen LogP contribution in [0.1, 0.15) is 5.89 Å². The highest BCUT2D eigenvalue weighted by Gasteiger charge is 2.08. The predicted molar refractivity (Wildman–Crippen MR) is 63.8 cm³/mol. The molecule has 0 aromatic carbocycles. The number of nitriles is 2. The number of allylic oxidation sites excluding steroid dienone is 1. The van der Waals surface area contributed by atoms with Crippen molar-refractivity contribution in [2.75, 3.05) is 0 Å². The van der Waals surface area contributed by atoms with Gasteiger partial charge >= 0.3 is 0 Å². The lowest BCUT2D eigenvalue weighted by Crippen LogP contribution is -2.05. The molecule has 0 aliphatic carbocycles. The van der Waals surface area contributed by atoms with Gasteiger partial charge in [0, 0.05) is 6.20 Å². The Hall–Kier alpha value is -2.64. The fourth-order valence-electron chi connectivity index (χ4n) is 1.16. The molecule has 88 valence electrons. The van der Waals surface area contributed by atoms with Gasteiger partial charge in [-0.3, -0.25) is 0 Å². The van der Waals surface area contributed by atoms with Crippen LogP contribution in [0, 0.1) is 22.7 Å². The zero-order valence-corrected chi connectivity index (χ0v) is 9.94. The Bertz CT molecular complexity index is 613. The van der Waals surface area contributed by atoms with Gasteiger partial charge in [0.2, 0.25) is 11.7 Å². The molecule has 0 saturated carbocycles. The molecule has 0 aliphatic heterocycles. The van der Waals surface area contributed by atoms with Gasteiger partial charge < -0.3 is 9.84 Å². The van der Waals surface area contributed by atoms with E-state index in [0.717, 1.165) is 4.88 Å². The zero-order chi connectivity index (χ0) is 12.8. The number of thiophene rings is 1. The summed E-state index contributed by atoms with van der Waals surface area (Å²) in [6.45, 7) is 0.269. The van der Waals surface area contributed by atoms with E-state index in [2.05, 4.69) is 15.5 Å². The number of nitrogens with zero attached hydrogens (tertiary/aromatic N) is 4. The summed E-state index contributed by atoms with van der Waals surface area (Å²) >= 11 is 1.52. The SMILES string of the molecule is N#CC(C#N)=CNCc1nc(-c2cccs2)no1. The fourth-order valence-corrected chi connectivity index (χ4v) is 1.81. The van der Waals surface area contributed by atoms with Gasteiger partial charge in [-0.2, -0.15) is 15.5 Å². The second-order valence-electron chi connectivity index (χ2n) is 3.15. The fraction of sp³-hybridized carbons (Fsp3) is 0.0909. The Balaban J connectivity index is 1.99. The van der Waals surface area contributed by atoms with E-state index < -0.39 is 0 Å². The molecule has 2 heterocycles. The predicted octanol–water partition coefficient (Wildman–Crippen LogP) is 1.82. The van der Waals surface area contributed by atoms with Crippen LogP contribution in [-0.2, 0) is 6.54 Å². The standard InChI is InChI=1S/C11H7N5OS/c12-4-8(5-13)6-14-7-10-15-11(16-17-10)9-2-1-3-18-9/h1-3,6,14H,7H2. The molecule has 7 heteroatoms. The Morgan fingerprint density at radius 3 is 3.00 bits per heavy atom. The molecule has 0 spiro atoms. The van der Waals surface area contributed by atoms with Crippen LogP contribution in [0.25, 0.3) is 10.7 Å². The van der Waals surface area contributed by atoms with Crippen molar-refractivity contribution in [3.8, 4) is 22.8 Å². The number of hydrogen-bond donors (Lipinski definition) is 1. The van der Waals surface area contributed by atoms with Gasteiger partial charge in [-0.1, -0.05) is 11.2 Å². The molecule has 2 aromatic heterocycles. The van der Waals surface area contributed by atoms with Crippen molar-refractivity contribution >= 4 is 11.3 Å². The average molecular weight is 257 g/mol. The quantitative estimate of drug-likeness (QED) is 0.839. The highest BCUT2D eigenvalue weighted by molar-refractivity contribution is 7.13. The lowest BCUT2D eigenvalue weighted by atomic mass is 10.3. The van der Waals surface area contributed by atoms with Crippen molar-refractivity contribution in [1.82, 2.24) is 15.5 Å². The van der Waals surface area contributed by atoms with E-state index >= 15 is 0 Å². The van der Waals surface area contributed by atoms with Crippen LogP contribution in [0.4, 0.5) is 0 Å². The number of aromatic nitrogens is 2. The zero-order valence-electron chi connectivity index (χ0n) is 9.12. The normalized spacial score (nSPS) is 9.22. The van der Waals surface area contributed by atoms with Crippen LogP contribution in [0.15, 0.2) is 33.8 Å². The summed E-state index contributed by atoms with van der Waals surface area (Å²) < 4.78 is 5.03. The molecule has 18 heavy (non-hydrogen) atoms. The van der Waals surface area contributed by atoms with Crippen molar-refractivity contribution in [2.24, 2.45) is 0 Å². The minimum Gasteiger partial charge on any atom is -0.380 e. The van der Waals surface area contributed by atoms with Crippen LogP contribution in [0.3, 0.4) is 0 Å². The maximum atomic E-state index is 8.52. The van der Waals surface area contributed by atoms with Crippen LogP contribution in [0.2, 0.25) is 0 Å². The molecule has 2 rings (SSSR count). The molecule has 0 saturated heterocycles. The molecule has 0 unspecified atom stereocenters. The minimum absolute atomic E-state index is 0.00649. The van der Waals surface area contributed by atoms with E-state index in [4.69, 9.17) is 15.0 Å². The molecule has 0 amide bonds. The largest absolute Gasteiger partial charge is 0.380 e. The number of nitrogens with one attached hydrogen (secondary N) is 1. The summed E-state index contributed by atoms with van der Waals surface area (Å²) in [5.74, 6) is 0.927. The molecular formula is C11H7N5OS. The molecule has 2 aromatic rings. The molecule has 6 nitrogen and oxygen atoms in total. The van der Waals surface area contributed by atoms with Crippen molar-refractivity contribution in [3.63, 3.8) is 0 Å². The van der Waals surface area contributed by atoms with Gasteiger partial charge in [-0.05, 0) is 11.4 Å². The van der Waals surface area contributed by atoms with Crippen molar-refractivity contribution < 1.29 is 4.52 Å². The van der Waals surface area contributed by atoms with Crippen LogP contribution < -0.4 is 5.32 Å². The molecule has 0 radical (unpaired) electrons. The van der Waals surface area contributed by atoms with E-state index in [9.17, 15) is 0 Å². The van der Waals surface area contributed by atoms with Crippen LogP contribution in [0.5, 0.6) is 0 Å². The van der Waals surface area contributed by atoms with Crippen molar-refractivity contribution in [1.29, 1.82) is 10.5 Å². The molecule has 1 N–H and O–H groups in total. The summed E-state index contributed by atoms with van der Waals surface area (Å²) in [5.41, 5.74) is -0.00649. The van der Waals surface area contributed by atoms with Crippen molar-refractivity contribution in [3.05, 3.63) is 35.2 Å². The second kappa shape index (κ2) is 5.62. The van der Waals surface area contributed by atoms with Crippen LogP contribution in [-0.4, -0.2) is 10.1 Å². The Kier molecular flexibility index (Phi) is 3.69. The van der Waals surface area contributed by atoms with Gasteiger partial charge in [-0.25, -0.2) is 0 Å². The molecular weight excluding hydrogens is 250 g/mol. The van der Waals surface area contributed by atoms with Crippen LogP contribution >= 0.6 is 11.3 Å². The molecule has 0 aliphatic rings. The van der Waals surface area contributed by atoms with E-state index in [0.29, 0.717) is 11.7 Å². The summed E-state index contributed by atoms with van der Waals surface area (Å²) in [6.07, 6.45) is 1.31. The van der Waals surface area contributed by atoms with Gasteiger partial charge in [0.15, 0.2) is 0 Å². The van der Waals surface area contributed by atoms with Gasteiger partial charge in [0.05, 0.1) is 11.4 Å². The molecule has 0 atom stereocenters. The molecule has 0 bridgehead atoms. The monoisotopic (exact) mass is 257 g/mol. The Labute approximate surface area is 107 Å². The van der Waals surface area contributed by atoms with Gasteiger partial charge in [0.25, 0.3) is 0 Å². The number of rotatable bonds is 4. The average Bonchev–Trinajstić information content (AvgIpc) is 3.05. The third-order valence-electron chi connectivity index (χ3n) is 1.95. The maximum Gasteiger partial charge on any atom is 0.246 e. The summed E-state index contributed by atoms with van der Waals surface area (Å²) in [7, 11) is 0. The van der Waals surface area contributed by atoms with E-state index in [1.54, 1.807) is 12.1 Å². The topological polar surface area (TPSA) is 98.5 Å². The number of hydrogen-bond acceptors (Lipinski definition) is 7. The molecule has 0 fully saturated rings. The first-order valence-electron chi connectivity index (χ1n) is 4.93. The van der Waals surface area contributed by atoms with Gasteiger partial charge in [-0.15, -0.1) is 11.3 Å². The lowest BCUT2D eigenvalue weighted by molar-refractivity contribution is 0.374. The Morgan fingerprint density at radius 1 is 1.50 bits per heavy atom. The summed E-state index contributed by atoms with van der Waals surface area (Å²) in [5, 5.41) is 25.6. The summed E-state index contributed by atoms with van der Waals surface area (Å²) in [4.78, 5) is 5.10. The first-order chi connectivity index (χ1) is 8.83. The Morgan fingerprint density at radius 2 is 2.33 bits per heavy atom.